The van der Waals surface area contributed by atoms with Gasteiger partial charge in [0.05, 0.1) is 23.4 Å². The van der Waals surface area contributed by atoms with Gasteiger partial charge in [-0.3, -0.25) is 19.2 Å². The van der Waals surface area contributed by atoms with Crippen molar-refractivity contribution in [3.63, 3.8) is 0 Å². The topological polar surface area (TPSA) is 130 Å². The fourth-order valence-electron chi connectivity index (χ4n) is 4.57. The molecule has 6 rings (SSSR count). The van der Waals surface area contributed by atoms with Crippen LogP contribution in [0.3, 0.4) is 0 Å². The van der Waals surface area contributed by atoms with Crippen LogP contribution in [-0.2, 0) is 13.1 Å². The van der Waals surface area contributed by atoms with Crippen LogP contribution in [0.2, 0.25) is 0 Å². The molecular weight excluding hydrogens is 457 g/mol. The van der Waals surface area contributed by atoms with Crippen molar-refractivity contribution in [3.8, 4) is 0 Å². The van der Waals surface area contributed by atoms with E-state index < -0.39 is 5.60 Å². The number of carbonyl (C=O) groups excluding carboxylic acids is 1. The first-order valence-corrected chi connectivity index (χ1v) is 11.6. The monoisotopic (exact) mass is 481 g/mol. The molecule has 3 aliphatic rings. The van der Waals surface area contributed by atoms with E-state index in [1.807, 2.05) is 0 Å². The lowest BCUT2D eigenvalue weighted by Gasteiger charge is -2.37. The second-order valence-corrected chi connectivity index (χ2v) is 9.36. The smallest absolute Gasteiger partial charge is 0.311 e. The molecule has 35 heavy (non-hydrogen) atoms. The Kier molecular flexibility index (Phi) is 5.15. The molecule has 2 aliphatic heterocycles. The van der Waals surface area contributed by atoms with Crippen LogP contribution < -0.4 is 16.0 Å². The van der Waals surface area contributed by atoms with E-state index >= 15 is 0 Å². The number of benzene rings is 1. The zero-order valence-corrected chi connectivity index (χ0v) is 18.9. The Balaban J connectivity index is 1.13. The van der Waals surface area contributed by atoms with Crippen LogP contribution in [0.1, 0.15) is 53.7 Å². The van der Waals surface area contributed by atoms with Crippen LogP contribution >= 0.6 is 0 Å². The highest BCUT2D eigenvalue weighted by atomic mass is 19.1. The van der Waals surface area contributed by atoms with Gasteiger partial charge in [-0.2, -0.15) is 0 Å². The van der Waals surface area contributed by atoms with E-state index in [1.165, 1.54) is 23.0 Å². The number of anilines is 2. The van der Waals surface area contributed by atoms with Crippen molar-refractivity contribution in [3.05, 3.63) is 64.1 Å². The van der Waals surface area contributed by atoms with E-state index in [1.54, 1.807) is 22.0 Å². The standard InChI is InChI=1S/C23H24FN7O4/c24-15-3-5-16(6-4-15)31-18-17(11-26-31)21(32)30(13-25-18)12-23(34)7-9-29(10-8-23)22(33)20-28-27-19(35-20)14-1-2-14/h3-6,13-14,26,34H,1-2,7-12H2. The predicted molar refractivity (Wildman–Crippen MR) is 120 cm³/mol. The lowest BCUT2D eigenvalue weighted by atomic mass is 9.91. The molecule has 1 amide bonds. The highest BCUT2D eigenvalue weighted by Crippen LogP contribution is 2.39. The van der Waals surface area contributed by atoms with Gasteiger partial charge in [0.1, 0.15) is 12.1 Å². The van der Waals surface area contributed by atoms with E-state index in [0.29, 0.717) is 48.9 Å². The third-order valence-electron chi connectivity index (χ3n) is 6.82. The minimum atomic E-state index is -1.16. The number of nitrogens with one attached hydrogen (secondary N) is 1. The molecular formula is C23H24FN7O4. The zero-order chi connectivity index (χ0) is 24.2. The van der Waals surface area contributed by atoms with Gasteiger partial charge in [-0.05, 0) is 49.9 Å². The molecule has 11 nitrogen and oxygen atoms in total. The summed E-state index contributed by atoms with van der Waals surface area (Å²) < 4.78 is 20.2. The third kappa shape index (κ3) is 4.08. The molecule has 12 heteroatoms. The highest BCUT2D eigenvalue weighted by Gasteiger charge is 2.37. The number of amides is 1. The summed E-state index contributed by atoms with van der Waals surface area (Å²) in [6.45, 7) is 0.956. The molecule has 3 aromatic rings. The van der Waals surface area contributed by atoms with Crippen molar-refractivity contribution in [2.45, 2.75) is 50.3 Å². The van der Waals surface area contributed by atoms with E-state index in [0.717, 1.165) is 12.8 Å². The maximum Gasteiger partial charge on any atom is 0.311 e. The minimum Gasteiger partial charge on any atom is -0.417 e. The Morgan fingerprint density at radius 2 is 1.94 bits per heavy atom. The highest BCUT2D eigenvalue weighted by molar-refractivity contribution is 5.89. The van der Waals surface area contributed by atoms with Crippen molar-refractivity contribution in [2.24, 2.45) is 0 Å². The molecule has 1 saturated heterocycles. The molecule has 2 fully saturated rings. The molecule has 2 N–H and O–H groups in total. The normalized spacial score (nSPS) is 19.1. The van der Waals surface area contributed by atoms with Gasteiger partial charge in [0, 0.05) is 25.6 Å². The van der Waals surface area contributed by atoms with Crippen LogP contribution in [0.25, 0.3) is 0 Å². The summed E-state index contributed by atoms with van der Waals surface area (Å²) in [6.07, 6.45) is 4.02. The molecule has 0 spiro atoms. The second-order valence-electron chi connectivity index (χ2n) is 9.36. The summed E-state index contributed by atoms with van der Waals surface area (Å²) in [7, 11) is 0. The molecule has 4 heterocycles. The first-order valence-electron chi connectivity index (χ1n) is 11.6. The summed E-state index contributed by atoms with van der Waals surface area (Å²) >= 11 is 0. The lowest BCUT2D eigenvalue weighted by Crippen LogP contribution is -2.49. The Morgan fingerprint density at radius 1 is 1.20 bits per heavy atom. The largest absolute Gasteiger partial charge is 0.417 e. The maximum atomic E-state index is 13.3. The number of aromatic nitrogens is 4. The summed E-state index contributed by atoms with van der Waals surface area (Å²) in [4.78, 5) is 31.9. The van der Waals surface area contributed by atoms with E-state index in [4.69, 9.17) is 4.42 Å². The number of likely N-dealkylation sites (tertiary alicyclic amines) is 1. The molecule has 0 radical (unpaired) electrons. The lowest BCUT2D eigenvalue weighted by molar-refractivity contribution is -0.0307. The molecule has 1 saturated carbocycles. The fourth-order valence-corrected chi connectivity index (χ4v) is 4.57. The van der Waals surface area contributed by atoms with Gasteiger partial charge in [0.2, 0.25) is 5.89 Å². The summed E-state index contributed by atoms with van der Waals surface area (Å²) in [5, 5.41) is 20.7. The zero-order valence-electron chi connectivity index (χ0n) is 18.9. The molecule has 0 atom stereocenters. The van der Waals surface area contributed by atoms with Crippen LogP contribution in [0.5, 0.6) is 0 Å². The van der Waals surface area contributed by atoms with Crippen molar-refractivity contribution in [1.82, 2.24) is 30.1 Å². The fraction of sp³-hybridized carbons (Fsp3) is 0.435. The van der Waals surface area contributed by atoms with Gasteiger partial charge < -0.3 is 14.4 Å². The van der Waals surface area contributed by atoms with Crippen molar-refractivity contribution < 1.29 is 18.7 Å². The summed E-state index contributed by atoms with van der Waals surface area (Å²) in [6, 6.07) is 5.88. The van der Waals surface area contributed by atoms with Crippen LogP contribution in [-0.4, -0.2) is 54.4 Å². The van der Waals surface area contributed by atoms with Crippen LogP contribution in [0.15, 0.2) is 39.8 Å². The molecule has 182 valence electrons. The van der Waals surface area contributed by atoms with Gasteiger partial charge in [-0.1, -0.05) is 0 Å². The Hall–Kier alpha value is -3.64. The number of fused-ring (bicyclic) bond motifs is 1. The Morgan fingerprint density at radius 3 is 2.66 bits per heavy atom. The van der Waals surface area contributed by atoms with Gasteiger partial charge in [0.25, 0.3) is 5.56 Å². The second kappa shape index (κ2) is 8.24. The SMILES string of the molecule is O=C(c1nnc(C2CC2)o1)N1CCC(O)(Cn2cnc3c(c2=O)CNN3c2ccc(F)cc2)CC1. The van der Waals surface area contributed by atoms with Gasteiger partial charge >= 0.3 is 11.8 Å². The minimum absolute atomic E-state index is 0.0189. The van der Waals surface area contributed by atoms with E-state index in [2.05, 4.69) is 20.6 Å². The number of carbonyl (C=O) groups is 1. The van der Waals surface area contributed by atoms with Gasteiger partial charge in [-0.15, -0.1) is 10.2 Å². The molecule has 1 aliphatic carbocycles. The number of hydrogen-bond donors (Lipinski definition) is 2. The number of hydrazine groups is 1. The number of nitrogens with zero attached hydrogens (tertiary/aromatic N) is 6. The van der Waals surface area contributed by atoms with Crippen LogP contribution in [0.4, 0.5) is 15.9 Å². The number of aliphatic hydroxyl groups is 1. The Bertz CT molecular complexity index is 1330. The summed E-state index contributed by atoms with van der Waals surface area (Å²) in [5.74, 6) is 0.530. The Labute approximate surface area is 199 Å². The van der Waals surface area contributed by atoms with Gasteiger partial charge in [-0.25, -0.2) is 14.8 Å². The molecule has 0 unspecified atom stereocenters. The predicted octanol–water partition coefficient (Wildman–Crippen LogP) is 1.47. The first-order chi connectivity index (χ1) is 16.9. The first kappa shape index (κ1) is 21.9. The van der Waals surface area contributed by atoms with Gasteiger partial charge in [0.15, 0.2) is 5.82 Å². The maximum absolute atomic E-state index is 13.3. The molecule has 2 aromatic heterocycles. The number of rotatable bonds is 5. The van der Waals surface area contributed by atoms with Crippen LogP contribution in [0, 0.1) is 5.82 Å². The quantitative estimate of drug-likeness (QED) is 0.556. The van der Waals surface area contributed by atoms with Crippen molar-refractivity contribution in [1.29, 1.82) is 0 Å². The van der Waals surface area contributed by atoms with Crippen molar-refractivity contribution in [2.75, 3.05) is 18.1 Å². The third-order valence-corrected chi connectivity index (χ3v) is 6.82. The average Bonchev–Trinajstić information content (AvgIpc) is 3.42. The molecule has 0 bridgehead atoms. The van der Waals surface area contributed by atoms with Crippen molar-refractivity contribution >= 4 is 17.4 Å². The van der Waals surface area contributed by atoms with E-state index in [9.17, 15) is 19.1 Å². The van der Waals surface area contributed by atoms with E-state index in [-0.39, 0.29) is 42.2 Å². The number of piperidine rings is 1. The summed E-state index contributed by atoms with van der Waals surface area (Å²) in [5.41, 5.74) is 2.81. The molecule has 1 aromatic carbocycles. The number of halogens is 1. The number of hydrogen-bond acceptors (Lipinski definition) is 9. The average molecular weight is 481 g/mol.